The third-order valence-electron chi connectivity index (χ3n) is 4.48. The number of nitrogens with zero attached hydrogens (tertiary/aromatic N) is 1. The van der Waals surface area contributed by atoms with Crippen molar-refractivity contribution >= 4 is 11.9 Å². The highest BCUT2D eigenvalue weighted by molar-refractivity contribution is 5.92. The standard InChI is InChI=1S/C18H20N2O4/c1-13-5-2-3-7-15(13)24-18(17(22)23)8-11-20(12-9-18)16(21)14-6-4-10-19-14/h2-7,10,19H,8-9,11-12H2,1H3,(H,22,23). The highest BCUT2D eigenvalue weighted by Crippen LogP contribution is 2.31. The van der Waals surface area contributed by atoms with E-state index in [9.17, 15) is 14.7 Å². The van der Waals surface area contributed by atoms with Gasteiger partial charge in [0.25, 0.3) is 5.91 Å². The number of piperidine rings is 1. The van der Waals surface area contributed by atoms with E-state index in [4.69, 9.17) is 4.74 Å². The molecule has 1 fully saturated rings. The lowest BCUT2D eigenvalue weighted by Crippen LogP contribution is -2.54. The number of ether oxygens (including phenoxy) is 1. The number of carbonyl (C=O) groups excluding carboxylic acids is 1. The molecule has 1 aromatic carbocycles. The topological polar surface area (TPSA) is 82.6 Å². The summed E-state index contributed by atoms with van der Waals surface area (Å²) in [6, 6.07) is 10.8. The van der Waals surface area contributed by atoms with Crippen molar-refractivity contribution in [2.24, 2.45) is 0 Å². The molecule has 1 aliphatic rings. The van der Waals surface area contributed by atoms with Crippen molar-refractivity contribution in [2.75, 3.05) is 13.1 Å². The van der Waals surface area contributed by atoms with Gasteiger partial charge in [0.1, 0.15) is 11.4 Å². The number of likely N-dealkylation sites (tertiary alicyclic amines) is 1. The SMILES string of the molecule is Cc1ccccc1OC1(C(=O)O)CCN(C(=O)c2ccc[nH]2)CC1. The van der Waals surface area contributed by atoms with Gasteiger partial charge in [-0.2, -0.15) is 0 Å². The average Bonchev–Trinajstić information content (AvgIpc) is 3.11. The molecule has 0 saturated carbocycles. The van der Waals surface area contributed by atoms with Crippen LogP contribution in [0.2, 0.25) is 0 Å². The van der Waals surface area contributed by atoms with E-state index < -0.39 is 11.6 Å². The number of carboxylic acids is 1. The van der Waals surface area contributed by atoms with Crippen molar-refractivity contribution in [3.8, 4) is 5.75 Å². The number of para-hydroxylation sites is 1. The fourth-order valence-corrected chi connectivity index (χ4v) is 2.95. The first-order valence-corrected chi connectivity index (χ1v) is 7.92. The molecule has 0 aliphatic carbocycles. The third-order valence-corrected chi connectivity index (χ3v) is 4.48. The molecule has 0 unspecified atom stereocenters. The molecular weight excluding hydrogens is 308 g/mol. The maximum Gasteiger partial charge on any atom is 0.348 e. The Morgan fingerprint density at radius 3 is 2.46 bits per heavy atom. The smallest absolute Gasteiger partial charge is 0.348 e. The van der Waals surface area contributed by atoms with Crippen molar-refractivity contribution in [1.29, 1.82) is 0 Å². The second kappa shape index (κ2) is 6.39. The van der Waals surface area contributed by atoms with Crippen molar-refractivity contribution in [2.45, 2.75) is 25.4 Å². The molecule has 0 radical (unpaired) electrons. The van der Waals surface area contributed by atoms with Crippen molar-refractivity contribution in [3.63, 3.8) is 0 Å². The molecule has 6 heteroatoms. The Morgan fingerprint density at radius 1 is 1.17 bits per heavy atom. The lowest BCUT2D eigenvalue weighted by Gasteiger charge is -2.39. The third kappa shape index (κ3) is 2.99. The van der Waals surface area contributed by atoms with E-state index in [-0.39, 0.29) is 18.7 Å². The Labute approximate surface area is 140 Å². The number of H-pyrrole nitrogens is 1. The minimum Gasteiger partial charge on any atom is -0.478 e. The van der Waals surface area contributed by atoms with Crippen LogP contribution in [-0.2, 0) is 4.79 Å². The number of aliphatic carboxylic acids is 1. The number of hydrogen-bond donors (Lipinski definition) is 2. The van der Waals surface area contributed by atoms with Gasteiger partial charge in [-0.15, -0.1) is 0 Å². The molecule has 2 N–H and O–H groups in total. The zero-order chi connectivity index (χ0) is 17.2. The maximum atomic E-state index is 12.4. The van der Waals surface area contributed by atoms with Crippen LogP contribution in [0, 0.1) is 6.92 Å². The molecule has 1 aliphatic heterocycles. The van der Waals surface area contributed by atoms with E-state index >= 15 is 0 Å². The number of nitrogens with one attached hydrogen (secondary N) is 1. The molecule has 24 heavy (non-hydrogen) atoms. The highest BCUT2D eigenvalue weighted by Gasteiger charge is 2.45. The van der Waals surface area contributed by atoms with Crippen LogP contribution in [-0.4, -0.2) is 45.6 Å². The number of aromatic amines is 1. The Bertz CT molecular complexity index is 731. The van der Waals surface area contributed by atoms with Crippen LogP contribution in [0.3, 0.4) is 0 Å². The lowest BCUT2D eigenvalue weighted by molar-refractivity contribution is -0.159. The summed E-state index contributed by atoms with van der Waals surface area (Å²) in [7, 11) is 0. The van der Waals surface area contributed by atoms with E-state index in [0.717, 1.165) is 5.56 Å². The molecule has 0 bridgehead atoms. The average molecular weight is 328 g/mol. The van der Waals surface area contributed by atoms with E-state index in [1.165, 1.54) is 0 Å². The monoisotopic (exact) mass is 328 g/mol. The van der Waals surface area contributed by atoms with Gasteiger partial charge in [-0.3, -0.25) is 4.79 Å². The predicted molar refractivity (Wildman–Crippen MR) is 88.1 cm³/mol. The Hall–Kier alpha value is -2.76. The Kier molecular flexibility index (Phi) is 4.29. The van der Waals surface area contributed by atoms with Gasteiger partial charge in [0, 0.05) is 32.1 Å². The zero-order valence-corrected chi connectivity index (χ0v) is 13.5. The van der Waals surface area contributed by atoms with Crippen LogP contribution < -0.4 is 4.74 Å². The Morgan fingerprint density at radius 2 is 1.88 bits per heavy atom. The molecule has 126 valence electrons. The first-order valence-electron chi connectivity index (χ1n) is 7.92. The van der Waals surface area contributed by atoms with Crippen LogP contribution in [0.25, 0.3) is 0 Å². The minimum atomic E-state index is -1.29. The number of amides is 1. The summed E-state index contributed by atoms with van der Waals surface area (Å²) in [5, 5.41) is 9.72. The molecule has 3 rings (SSSR count). The largest absolute Gasteiger partial charge is 0.478 e. The number of aryl methyl sites for hydroxylation is 1. The van der Waals surface area contributed by atoms with Crippen LogP contribution in [0.4, 0.5) is 0 Å². The highest BCUT2D eigenvalue weighted by atomic mass is 16.5. The summed E-state index contributed by atoms with van der Waals surface area (Å²) in [5.74, 6) is -0.531. The van der Waals surface area contributed by atoms with Gasteiger partial charge in [-0.1, -0.05) is 18.2 Å². The lowest BCUT2D eigenvalue weighted by atomic mass is 9.90. The number of rotatable bonds is 4. The molecule has 1 saturated heterocycles. The minimum absolute atomic E-state index is 0.116. The molecule has 1 aromatic heterocycles. The summed E-state index contributed by atoms with van der Waals surface area (Å²) in [5.41, 5.74) is 0.110. The first-order chi connectivity index (χ1) is 11.5. The quantitative estimate of drug-likeness (QED) is 0.903. The second-order valence-electron chi connectivity index (χ2n) is 6.04. The van der Waals surface area contributed by atoms with Gasteiger partial charge in [0.2, 0.25) is 5.60 Å². The summed E-state index contributed by atoms with van der Waals surface area (Å²) in [4.78, 5) is 28.8. The van der Waals surface area contributed by atoms with E-state index in [1.807, 2.05) is 25.1 Å². The summed E-state index contributed by atoms with van der Waals surface area (Å²) in [6.45, 7) is 2.57. The molecule has 0 atom stereocenters. The van der Waals surface area contributed by atoms with Gasteiger partial charge in [0.05, 0.1) is 0 Å². The molecule has 6 nitrogen and oxygen atoms in total. The molecule has 2 heterocycles. The van der Waals surface area contributed by atoms with Crippen molar-refractivity contribution < 1.29 is 19.4 Å². The van der Waals surface area contributed by atoms with Crippen molar-refractivity contribution in [3.05, 3.63) is 53.9 Å². The van der Waals surface area contributed by atoms with Crippen LogP contribution in [0.1, 0.15) is 28.9 Å². The summed E-state index contributed by atoms with van der Waals surface area (Å²) < 4.78 is 5.91. The number of benzene rings is 1. The van der Waals surface area contributed by atoms with Crippen LogP contribution >= 0.6 is 0 Å². The second-order valence-corrected chi connectivity index (χ2v) is 6.04. The maximum absolute atomic E-state index is 12.4. The molecule has 1 amide bonds. The summed E-state index contributed by atoms with van der Waals surface area (Å²) >= 11 is 0. The van der Waals surface area contributed by atoms with Crippen LogP contribution in [0.5, 0.6) is 5.75 Å². The van der Waals surface area contributed by atoms with Gasteiger partial charge >= 0.3 is 5.97 Å². The van der Waals surface area contributed by atoms with Crippen LogP contribution in [0.15, 0.2) is 42.6 Å². The Balaban J connectivity index is 1.74. The number of carboxylic acid groups (broad SMARTS) is 1. The number of aromatic nitrogens is 1. The fourth-order valence-electron chi connectivity index (χ4n) is 2.95. The number of carbonyl (C=O) groups is 2. The van der Waals surface area contributed by atoms with Gasteiger partial charge < -0.3 is 19.7 Å². The molecule has 0 spiro atoms. The fraction of sp³-hybridized carbons (Fsp3) is 0.333. The van der Waals surface area contributed by atoms with Crippen molar-refractivity contribution in [1.82, 2.24) is 9.88 Å². The zero-order valence-electron chi connectivity index (χ0n) is 13.5. The first kappa shape index (κ1) is 16.1. The van der Waals surface area contributed by atoms with Gasteiger partial charge in [-0.05, 0) is 30.7 Å². The molecular formula is C18H20N2O4. The van der Waals surface area contributed by atoms with Gasteiger partial charge in [-0.25, -0.2) is 4.79 Å². The molecule has 2 aromatic rings. The van der Waals surface area contributed by atoms with E-state index in [1.54, 1.807) is 29.3 Å². The summed E-state index contributed by atoms with van der Waals surface area (Å²) in [6.07, 6.45) is 2.20. The predicted octanol–water partition coefficient (Wildman–Crippen LogP) is 2.46. The number of hydrogen-bond acceptors (Lipinski definition) is 3. The van der Waals surface area contributed by atoms with Gasteiger partial charge in [0.15, 0.2) is 0 Å². The van der Waals surface area contributed by atoms with E-state index in [2.05, 4.69) is 4.98 Å². The van der Waals surface area contributed by atoms with E-state index in [0.29, 0.717) is 24.5 Å². The normalized spacial score (nSPS) is 16.6.